The number of hydrogen-bond acceptors (Lipinski definition) is 1. The highest BCUT2D eigenvalue weighted by atomic mass is 14.9. The Morgan fingerprint density at radius 1 is 1.15 bits per heavy atom. The lowest BCUT2D eigenvalue weighted by molar-refractivity contribution is 0.529. The van der Waals surface area contributed by atoms with Crippen molar-refractivity contribution in [1.82, 2.24) is 0 Å². The minimum absolute atomic E-state index is 0.417. The Labute approximate surface area is 80.6 Å². The number of nitrogens with two attached hydrogens (primary N) is 1. The molecule has 13 heavy (non-hydrogen) atoms. The van der Waals surface area contributed by atoms with E-state index < -0.39 is 0 Å². The third-order valence-corrected chi connectivity index (χ3v) is 3.10. The van der Waals surface area contributed by atoms with Gasteiger partial charge in [-0.25, -0.2) is 0 Å². The van der Waals surface area contributed by atoms with Gasteiger partial charge in [-0.1, -0.05) is 13.8 Å². The smallest absolute Gasteiger partial charge is 0.0966 e. The van der Waals surface area contributed by atoms with Crippen LogP contribution in [0.2, 0.25) is 0 Å². The van der Waals surface area contributed by atoms with Crippen LogP contribution >= 0.6 is 0 Å². The normalized spacial score (nSPS) is 24.5. The van der Waals surface area contributed by atoms with E-state index in [-0.39, 0.29) is 0 Å². The zero-order valence-electron chi connectivity index (χ0n) is 8.66. The highest BCUT2D eigenvalue weighted by Crippen LogP contribution is 2.46. The first-order chi connectivity index (χ1) is 6.18. The lowest BCUT2D eigenvalue weighted by atomic mass is 10.1. The average molecular weight is 180 g/mol. The molecule has 2 N–H and O–H groups in total. The zero-order chi connectivity index (χ0) is 9.42. The van der Waals surface area contributed by atoms with Crippen LogP contribution < -0.4 is 5.73 Å². The standard InChI is InChI=1S/C11H20N2/c1-7(2)11(12)13-10(8-3-4-8)9-5-6-9/h7-10H,3-6H2,1-2H3,(H2,12,13). The van der Waals surface area contributed by atoms with Gasteiger partial charge in [0.1, 0.15) is 0 Å². The summed E-state index contributed by atoms with van der Waals surface area (Å²) >= 11 is 0. The molecule has 0 aromatic carbocycles. The molecule has 2 fully saturated rings. The number of amidine groups is 1. The lowest BCUT2D eigenvalue weighted by Gasteiger charge is -2.13. The van der Waals surface area contributed by atoms with E-state index in [0.717, 1.165) is 17.7 Å². The molecule has 0 bridgehead atoms. The van der Waals surface area contributed by atoms with E-state index in [4.69, 9.17) is 10.7 Å². The summed E-state index contributed by atoms with van der Waals surface area (Å²) < 4.78 is 0. The van der Waals surface area contributed by atoms with Crippen molar-refractivity contribution in [3.8, 4) is 0 Å². The van der Waals surface area contributed by atoms with Gasteiger partial charge in [-0.15, -0.1) is 0 Å². The molecule has 2 nitrogen and oxygen atoms in total. The molecule has 0 aliphatic heterocycles. The van der Waals surface area contributed by atoms with Gasteiger partial charge in [0.25, 0.3) is 0 Å². The molecule has 0 atom stereocenters. The van der Waals surface area contributed by atoms with Crippen LogP contribution in [0, 0.1) is 17.8 Å². The summed E-state index contributed by atoms with van der Waals surface area (Å²) in [4.78, 5) is 4.69. The van der Waals surface area contributed by atoms with Crippen molar-refractivity contribution in [2.75, 3.05) is 0 Å². The van der Waals surface area contributed by atoms with Crippen LogP contribution in [0.1, 0.15) is 39.5 Å². The highest BCUT2D eigenvalue weighted by molar-refractivity contribution is 5.82. The van der Waals surface area contributed by atoms with Gasteiger partial charge in [0.05, 0.1) is 11.9 Å². The van der Waals surface area contributed by atoms with Gasteiger partial charge < -0.3 is 5.73 Å². The summed E-state index contributed by atoms with van der Waals surface area (Å²) in [6, 6.07) is 0.586. The molecule has 0 radical (unpaired) electrons. The van der Waals surface area contributed by atoms with Gasteiger partial charge in [0, 0.05) is 5.92 Å². The van der Waals surface area contributed by atoms with Crippen LogP contribution in [0.15, 0.2) is 4.99 Å². The first-order valence-corrected chi connectivity index (χ1v) is 5.51. The quantitative estimate of drug-likeness (QED) is 0.522. The van der Waals surface area contributed by atoms with Gasteiger partial charge in [-0.3, -0.25) is 4.99 Å². The van der Waals surface area contributed by atoms with E-state index in [1.54, 1.807) is 0 Å². The second kappa shape index (κ2) is 3.32. The van der Waals surface area contributed by atoms with Gasteiger partial charge >= 0.3 is 0 Å². The van der Waals surface area contributed by atoms with Crippen molar-refractivity contribution in [2.45, 2.75) is 45.6 Å². The summed E-state index contributed by atoms with van der Waals surface area (Å²) in [6.07, 6.45) is 5.54. The highest BCUT2D eigenvalue weighted by Gasteiger charge is 2.41. The molecule has 0 amide bonds. The van der Waals surface area contributed by atoms with E-state index in [0.29, 0.717) is 12.0 Å². The third kappa shape index (κ3) is 2.23. The Balaban J connectivity index is 1.98. The molecular weight excluding hydrogens is 160 g/mol. The average Bonchev–Trinajstić information content (AvgIpc) is 2.90. The monoisotopic (exact) mass is 180 g/mol. The molecule has 0 spiro atoms. The third-order valence-electron chi connectivity index (χ3n) is 3.10. The SMILES string of the molecule is CC(C)C(N)=NC(C1CC1)C1CC1. The summed E-state index contributed by atoms with van der Waals surface area (Å²) in [7, 11) is 0. The Hall–Kier alpha value is -0.530. The van der Waals surface area contributed by atoms with E-state index in [1.165, 1.54) is 25.7 Å². The maximum Gasteiger partial charge on any atom is 0.0966 e. The Bertz CT molecular complexity index is 200. The minimum atomic E-state index is 0.417. The largest absolute Gasteiger partial charge is 0.387 e. The maximum atomic E-state index is 5.90. The number of hydrogen-bond donors (Lipinski definition) is 1. The molecular formula is C11H20N2. The Kier molecular flexibility index (Phi) is 2.31. The minimum Gasteiger partial charge on any atom is -0.387 e. The first kappa shape index (κ1) is 9.04. The second-order valence-corrected chi connectivity index (χ2v) is 4.87. The van der Waals surface area contributed by atoms with Crippen molar-refractivity contribution in [3.63, 3.8) is 0 Å². The van der Waals surface area contributed by atoms with Crippen LogP contribution in [0.3, 0.4) is 0 Å². The molecule has 2 rings (SSSR count). The molecule has 0 aromatic rings. The maximum absolute atomic E-state index is 5.90. The fourth-order valence-electron chi connectivity index (χ4n) is 1.79. The molecule has 2 heteroatoms. The van der Waals surface area contributed by atoms with E-state index in [2.05, 4.69) is 13.8 Å². The van der Waals surface area contributed by atoms with Crippen molar-refractivity contribution >= 4 is 5.84 Å². The van der Waals surface area contributed by atoms with Gasteiger partial charge in [0.2, 0.25) is 0 Å². The number of aliphatic imine (C=N–C) groups is 1. The fourth-order valence-corrected chi connectivity index (χ4v) is 1.79. The van der Waals surface area contributed by atoms with Crippen molar-refractivity contribution in [3.05, 3.63) is 0 Å². The number of nitrogens with zero attached hydrogens (tertiary/aromatic N) is 1. The predicted molar refractivity (Wildman–Crippen MR) is 55.7 cm³/mol. The molecule has 2 aliphatic rings. The summed E-state index contributed by atoms with van der Waals surface area (Å²) in [5.41, 5.74) is 5.90. The molecule has 0 unspecified atom stereocenters. The van der Waals surface area contributed by atoms with Crippen molar-refractivity contribution in [1.29, 1.82) is 0 Å². The van der Waals surface area contributed by atoms with Crippen molar-refractivity contribution in [2.24, 2.45) is 28.5 Å². The Morgan fingerprint density at radius 2 is 1.62 bits per heavy atom. The molecule has 2 aliphatic carbocycles. The van der Waals surface area contributed by atoms with Crippen molar-refractivity contribution < 1.29 is 0 Å². The summed E-state index contributed by atoms with van der Waals surface area (Å²) in [6.45, 7) is 4.24. The molecule has 0 saturated heterocycles. The zero-order valence-corrected chi connectivity index (χ0v) is 8.66. The topological polar surface area (TPSA) is 38.4 Å². The van der Waals surface area contributed by atoms with Gasteiger partial charge in [0.15, 0.2) is 0 Å². The van der Waals surface area contributed by atoms with E-state index >= 15 is 0 Å². The van der Waals surface area contributed by atoms with Gasteiger partial charge in [-0.05, 0) is 37.5 Å². The molecule has 0 aromatic heterocycles. The van der Waals surface area contributed by atoms with Gasteiger partial charge in [-0.2, -0.15) is 0 Å². The molecule has 2 saturated carbocycles. The molecule has 74 valence electrons. The summed E-state index contributed by atoms with van der Waals surface area (Å²) in [5.74, 6) is 3.04. The summed E-state index contributed by atoms with van der Waals surface area (Å²) in [5, 5.41) is 0. The number of rotatable bonds is 4. The van der Waals surface area contributed by atoms with Crippen LogP contribution in [0.25, 0.3) is 0 Å². The molecule has 0 heterocycles. The van der Waals surface area contributed by atoms with E-state index in [9.17, 15) is 0 Å². The van der Waals surface area contributed by atoms with Crippen LogP contribution in [-0.4, -0.2) is 11.9 Å². The second-order valence-electron chi connectivity index (χ2n) is 4.87. The van der Waals surface area contributed by atoms with Crippen LogP contribution in [-0.2, 0) is 0 Å². The van der Waals surface area contributed by atoms with Crippen LogP contribution in [0.4, 0.5) is 0 Å². The fraction of sp³-hybridized carbons (Fsp3) is 0.909. The van der Waals surface area contributed by atoms with E-state index in [1.807, 2.05) is 0 Å². The Morgan fingerprint density at radius 3 is 1.92 bits per heavy atom. The first-order valence-electron chi connectivity index (χ1n) is 5.51. The van der Waals surface area contributed by atoms with Crippen LogP contribution in [0.5, 0.6) is 0 Å². The predicted octanol–water partition coefficient (Wildman–Crippen LogP) is 2.19. The lowest BCUT2D eigenvalue weighted by Crippen LogP contribution is -2.23.